The van der Waals surface area contributed by atoms with Crippen molar-refractivity contribution in [3.63, 3.8) is 0 Å². The first kappa shape index (κ1) is 10.4. The zero-order chi connectivity index (χ0) is 11.1. The summed E-state index contributed by atoms with van der Waals surface area (Å²) in [5.74, 6) is -0.251. The van der Waals surface area contributed by atoms with Gasteiger partial charge in [-0.25, -0.2) is 8.42 Å². The van der Waals surface area contributed by atoms with Crippen LogP contribution in [0.3, 0.4) is 0 Å². The van der Waals surface area contributed by atoms with Gasteiger partial charge in [0, 0.05) is 22.8 Å². The Morgan fingerprint density at radius 1 is 1.33 bits per heavy atom. The lowest BCUT2D eigenvalue weighted by Gasteiger charge is -2.16. The molecule has 0 aliphatic carbocycles. The minimum absolute atomic E-state index is 0.0417. The van der Waals surface area contributed by atoms with Crippen molar-refractivity contribution in [2.24, 2.45) is 0 Å². The minimum atomic E-state index is -3.77. The van der Waals surface area contributed by atoms with E-state index >= 15 is 0 Å². The maximum atomic E-state index is 11.4. The Morgan fingerprint density at radius 3 is 2.73 bits per heavy atom. The van der Waals surface area contributed by atoms with E-state index in [0.717, 1.165) is 5.56 Å². The molecule has 0 fully saturated rings. The topological polar surface area (TPSA) is 63.2 Å². The Labute approximate surface area is 91.7 Å². The zero-order valence-electron chi connectivity index (χ0n) is 7.66. The van der Waals surface area contributed by atoms with Crippen molar-refractivity contribution in [2.75, 3.05) is 6.54 Å². The number of carbonyl (C=O) groups is 1. The van der Waals surface area contributed by atoms with E-state index in [-0.39, 0.29) is 10.8 Å². The van der Waals surface area contributed by atoms with Crippen molar-refractivity contribution in [2.45, 2.75) is 11.3 Å². The molecule has 2 rings (SSSR count). The van der Waals surface area contributed by atoms with Crippen LogP contribution in [0.4, 0.5) is 0 Å². The Kier molecular flexibility index (Phi) is 2.44. The first-order chi connectivity index (χ1) is 6.98. The highest BCUT2D eigenvalue weighted by Crippen LogP contribution is 2.21. The predicted octanol–water partition coefficient (Wildman–Crippen LogP) is 0.900. The first-order valence-electron chi connectivity index (χ1n) is 4.34. The number of halogens is 1. The van der Waals surface area contributed by atoms with Gasteiger partial charge in [-0.05, 0) is 24.1 Å². The van der Waals surface area contributed by atoms with Crippen molar-refractivity contribution in [3.8, 4) is 0 Å². The Hall–Kier alpha value is -1.07. The lowest BCUT2D eigenvalue weighted by atomic mass is 10.0. The van der Waals surface area contributed by atoms with E-state index in [1.165, 1.54) is 12.1 Å². The molecule has 1 aliphatic heterocycles. The number of carbonyl (C=O) groups excluding carboxylic acids is 1. The summed E-state index contributed by atoms with van der Waals surface area (Å²) < 4.78 is 22.1. The molecular formula is C9H8ClNO3S. The van der Waals surface area contributed by atoms with Crippen LogP contribution in [-0.2, 0) is 15.5 Å². The summed E-state index contributed by atoms with van der Waals surface area (Å²) in [4.78, 5) is 11.4. The number of fused-ring (bicyclic) bond motifs is 1. The van der Waals surface area contributed by atoms with Gasteiger partial charge in [-0.15, -0.1) is 0 Å². The van der Waals surface area contributed by atoms with Gasteiger partial charge in [0.1, 0.15) is 0 Å². The van der Waals surface area contributed by atoms with E-state index in [0.29, 0.717) is 18.5 Å². The highest BCUT2D eigenvalue weighted by molar-refractivity contribution is 8.13. The number of nitrogens with one attached hydrogen (secondary N) is 1. The molecule has 80 valence electrons. The van der Waals surface area contributed by atoms with E-state index < -0.39 is 9.05 Å². The fraction of sp³-hybridized carbons (Fsp3) is 0.222. The van der Waals surface area contributed by atoms with Crippen LogP contribution in [0.5, 0.6) is 0 Å². The molecule has 0 bridgehead atoms. The standard InChI is InChI=1S/C9H8ClNO3S/c10-15(13,14)7-2-1-6-3-4-11-9(12)8(6)5-7/h1-2,5H,3-4H2,(H,11,12). The third-order valence-corrected chi connectivity index (χ3v) is 3.64. The van der Waals surface area contributed by atoms with Gasteiger partial charge in [-0.2, -0.15) is 0 Å². The molecule has 0 atom stereocenters. The van der Waals surface area contributed by atoms with Crippen LogP contribution in [0.1, 0.15) is 15.9 Å². The highest BCUT2D eigenvalue weighted by atomic mass is 35.7. The van der Waals surface area contributed by atoms with Gasteiger partial charge in [0.05, 0.1) is 4.90 Å². The quantitative estimate of drug-likeness (QED) is 0.748. The van der Waals surface area contributed by atoms with Gasteiger partial charge >= 0.3 is 0 Å². The summed E-state index contributed by atoms with van der Waals surface area (Å²) in [6.07, 6.45) is 0.712. The van der Waals surface area contributed by atoms with Crippen molar-refractivity contribution in [3.05, 3.63) is 29.3 Å². The molecule has 0 aromatic heterocycles. The summed E-state index contributed by atoms with van der Waals surface area (Å²) in [7, 11) is 1.42. The fourth-order valence-corrected chi connectivity index (χ4v) is 2.32. The molecule has 1 aromatic rings. The Balaban J connectivity index is 2.58. The van der Waals surface area contributed by atoms with Gasteiger partial charge in [0.25, 0.3) is 15.0 Å². The summed E-state index contributed by atoms with van der Waals surface area (Å²) in [6, 6.07) is 4.36. The molecule has 1 aliphatic rings. The molecular weight excluding hydrogens is 238 g/mol. The van der Waals surface area contributed by atoms with Gasteiger partial charge in [-0.3, -0.25) is 4.79 Å². The molecule has 0 radical (unpaired) electrons. The Bertz CT molecular complexity index is 524. The predicted molar refractivity (Wildman–Crippen MR) is 55.5 cm³/mol. The fourth-order valence-electron chi connectivity index (χ4n) is 1.54. The smallest absolute Gasteiger partial charge is 0.261 e. The maximum absolute atomic E-state index is 11.4. The number of amides is 1. The second kappa shape index (κ2) is 3.50. The van der Waals surface area contributed by atoms with E-state index in [9.17, 15) is 13.2 Å². The van der Waals surface area contributed by atoms with Gasteiger partial charge in [0.2, 0.25) is 0 Å². The normalized spacial score (nSPS) is 15.7. The molecule has 0 saturated carbocycles. The van der Waals surface area contributed by atoms with Crippen LogP contribution in [0.25, 0.3) is 0 Å². The number of hydrogen-bond acceptors (Lipinski definition) is 3. The van der Waals surface area contributed by atoms with Crippen LogP contribution < -0.4 is 5.32 Å². The summed E-state index contributed by atoms with van der Waals surface area (Å²) in [5, 5.41) is 2.64. The van der Waals surface area contributed by atoms with E-state index in [1.807, 2.05) is 0 Å². The average molecular weight is 246 g/mol. The van der Waals surface area contributed by atoms with E-state index in [1.54, 1.807) is 6.07 Å². The van der Waals surface area contributed by atoms with Crippen molar-refractivity contribution < 1.29 is 13.2 Å². The van der Waals surface area contributed by atoms with Crippen molar-refractivity contribution in [1.29, 1.82) is 0 Å². The minimum Gasteiger partial charge on any atom is -0.352 e. The lowest BCUT2D eigenvalue weighted by molar-refractivity contribution is 0.0946. The van der Waals surface area contributed by atoms with Crippen molar-refractivity contribution in [1.82, 2.24) is 5.32 Å². The first-order valence-corrected chi connectivity index (χ1v) is 6.65. The Morgan fingerprint density at radius 2 is 2.07 bits per heavy atom. The summed E-state index contributed by atoms with van der Waals surface area (Å²) in [5.41, 5.74) is 1.24. The summed E-state index contributed by atoms with van der Waals surface area (Å²) in [6.45, 7) is 0.582. The monoisotopic (exact) mass is 245 g/mol. The van der Waals surface area contributed by atoms with E-state index in [4.69, 9.17) is 10.7 Å². The zero-order valence-corrected chi connectivity index (χ0v) is 9.23. The van der Waals surface area contributed by atoms with Crippen molar-refractivity contribution >= 4 is 25.6 Å². The van der Waals surface area contributed by atoms with Gasteiger partial charge in [-0.1, -0.05) is 6.07 Å². The molecule has 6 heteroatoms. The second-order valence-corrected chi connectivity index (χ2v) is 5.83. The number of benzene rings is 1. The maximum Gasteiger partial charge on any atom is 0.261 e. The molecule has 1 aromatic carbocycles. The number of rotatable bonds is 1. The molecule has 1 heterocycles. The van der Waals surface area contributed by atoms with Crippen LogP contribution >= 0.6 is 10.7 Å². The third-order valence-electron chi connectivity index (χ3n) is 2.29. The average Bonchev–Trinajstić information content (AvgIpc) is 2.16. The van der Waals surface area contributed by atoms with Gasteiger partial charge < -0.3 is 5.32 Å². The SMILES string of the molecule is O=C1NCCc2ccc(S(=O)(=O)Cl)cc21. The molecule has 0 spiro atoms. The lowest BCUT2D eigenvalue weighted by Crippen LogP contribution is -2.31. The third kappa shape index (κ3) is 1.98. The molecule has 15 heavy (non-hydrogen) atoms. The van der Waals surface area contributed by atoms with Crippen LogP contribution in [0.15, 0.2) is 23.1 Å². The van der Waals surface area contributed by atoms with Gasteiger partial charge in [0.15, 0.2) is 0 Å². The van der Waals surface area contributed by atoms with Crippen LogP contribution in [0.2, 0.25) is 0 Å². The van der Waals surface area contributed by atoms with Crippen LogP contribution in [0, 0.1) is 0 Å². The largest absolute Gasteiger partial charge is 0.352 e. The molecule has 1 N–H and O–H groups in total. The molecule has 4 nitrogen and oxygen atoms in total. The molecule has 0 unspecified atom stereocenters. The number of hydrogen-bond donors (Lipinski definition) is 1. The summed E-state index contributed by atoms with van der Waals surface area (Å²) >= 11 is 0. The second-order valence-electron chi connectivity index (χ2n) is 3.26. The molecule has 1 amide bonds. The van der Waals surface area contributed by atoms with E-state index in [2.05, 4.69) is 5.32 Å². The molecule has 0 saturated heterocycles. The van der Waals surface area contributed by atoms with Crippen LogP contribution in [-0.4, -0.2) is 20.9 Å². The highest BCUT2D eigenvalue weighted by Gasteiger charge is 2.19.